The maximum absolute atomic E-state index is 4.27. The average molecular weight is 227 g/mol. The van der Waals surface area contributed by atoms with Gasteiger partial charge in [0.1, 0.15) is 0 Å². The summed E-state index contributed by atoms with van der Waals surface area (Å²) in [6.07, 6.45) is 6.22. The van der Waals surface area contributed by atoms with Gasteiger partial charge in [0.15, 0.2) is 0 Å². The molecule has 3 heteroatoms. The molecule has 0 amide bonds. The van der Waals surface area contributed by atoms with Crippen LogP contribution in [0.25, 0.3) is 0 Å². The van der Waals surface area contributed by atoms with Crippen molar-refractivity contribution in [2.24, 2.45) is 0 Å². The molecule has 17 heavy (non-hydrogen) atoms. The van der Waals surface area contributed by atoms with Crippen LogP contribution in [-0.2, 0) is 13.0 Å². The molecule has 0 N–H and O–H groups in total. The van der Waals surface area contributed by atoms with Gasteiger partial charge in [-0.3, -0.25) is 9.97 Å². The van der Waals surface area contributed by atoms with Gasteiger partial charge in [-0.1, -0.05) is 30.3 Å². The number of hydrogen-bond donors (Lipinski definition) is 0. The number of hydrogen-bond acceptors (Lipinski definition) is 3. The third-order valence-electron chi connectivity index (χ3n) is 2.66. The molecule has 0 aliphatic rings. The van der Waals surface area contributed by atoms with Crippen LogP contribution in [0.2, 0.25) is 0 Å². The van der Waals surface area contributed by atoms with E-state index in [0.29, 0.717) is 0 Å². The van der Waals surface area contributed by atoms with Crippen molar-refractivity contribution in [3.05, 3.63) is 60.2 Å². The largest absolute Gasteiger partial charge is 0.302 e. The van der Waals surface area contributed by atoms with Crippen molar-refractivity contribution in [1.82, 2.24) is 14.9 Å². The standard InChI is InChI=1S/C14H17N3/c1-17(12-13-5-3-2-4-6-13)10-7-14-11-15-8-9-16-14/h2-6,8-9,11H,7,10,12H2,1H3. The van der Waals surface area contributed by atoms with E-state index in [-0.39, 0.29) is 0 Å². The Balaban J connectivity index is 1.80. The van der Waals surface area contributed by atoms with Crippen LogP contribution in [-0.4, -0.2) is 28.5 Å². The van der Waals surface area contributed by atoms with Gasteiger partial charge in [0.05, 0.1) is 5.69 Å². The Kier molecular flexibility index (Phi) is 4.22. The minimum Gasteiger partial charge on any atom is -0.302 e. The van der Waals surface area contributed by atoms with E-state index < -0.39 is 0 Å². The van der Waals surface area contributed by atoms with Gasteiger partial charge >= 0.3 is 0 Å². The van der Waals surface area contributed by atoms with Gasteiger partial charge in [-0.15, -0.1) is 0 Å². The number of likely N-dealkylation sites (N-methyl/N-ethyl adjacent to an activating group) is 1. The van der Waals surface area contributed by atoms with Gasteiger partial charge in [-0.05, 0) is 12.6 Å². The first kappa shape index (κ1) is 11.7. The minimum atomic E-state index is 0.942. The Labute approximate surface area is 102 Å². The van der Waals surface area contributed by atoms with Crippen LogP contribution >= 0.6 is 0 Å². The summed E-state index contributed by atoms with van der Waals surface area (Å²) in [7, 11) is 2.13. The molecule has 0 fully saturated rings. The van der Waals surface area contributed by atoms with E-state index in [1.807, 2.05) is 12.3 Å². The SMILES string of the molecule is CN(CCc1cnccn1)Cc1ccccc1. The first-order valence-electron chi connectivity index (χ1n) is 5.82. The molecular formula is C14H17N3. The molecule has 3 nitrogen and oxygen atoms in total. The Hall–Kier alpha value is -1.74. The third-order valence-corrected chi connectivity index (χ3v) is 2.66. The minimum absolute atomic E-state index is 0.942. The molecule has 0 radical (unpaired) electrons. The molecule has 2 rings (SSSR count). The predicted octanol–water partition coefficient (Wildman–Crippen LogP) is 2.15. The van der Waals surface area contributed by atoms with Gasteiger partial charge in [0.2, 0.25) is 0 Å². The van der Waals surface area contributed by atoms with Crippen molar-refractivity contribution in [3.63, 3.8) is 0 Å². The van der Waals surface area contributed by atoms with Gasteiger partial charge < -0.3 is 4.90 Å². The fourth-order valence-corrected chi connectivity index (χ4v) is 1.74. The summed E-state index contributed by atoms with van der Waals surface area (Å²) < 4.78 is 0. The highest BCUT2D eigenvalue weighted by molar-refractivity contribution is 5.14. The zero-order valence-electron chi connectivity index (χ0n) is 10.1. The van der Waals surface area contributed by atoms with E-state index in [1.165, 1.54) is 5.56 Å². The Morgan fingerprint density at radius 3 is 2.65 bits per heavy atom. The van der Waals surface area contributed by atoms with Gasteiger partial charge in [0.25, 0.3) is 0 Å². The molecular weight excluding hydrogens is 210 g/mol. The molecule has 0 unspecified atom stereocenters. The van der Waals surface area contributed by atoms with Crippen LogP contribution in [0.5, 0.6) is 0 Å². The summed E-state index contributed by atoms with van der Waals surface area (Å²) >= 11 is 0. The van der Waals surface area contributed by atoms with Crippen molar-refractivity contribution < 1.29 is 0 Å². The smallest absolute Gasteiger partial charge is 0.0599 e. The van der Waals surface area contributed by atoms with E-state index >= 15 is 0 Å². The summed E-state index contributed by atoms with van der Waals surface area (Å²) in [4.78, 5) is 10.6. The van der Waals surface area contributed by atoms with Crippen LogP contribution in [0.1, 0.15) is 11.3 Å². The maximum atomic E-state index is 4.27. The molecule has 0 aliphatic heterocycles. The first-order chi connectivity index (χ1) is 8.34. The molecule has 0 aliphatic carbocycles. The average Bonchev–Trinajstić information content (AvgIpc) is 2.39. The lowest BCUT2D eigenvalue weighted by Crippen LogP contribution is -2.21. The lowest BCUT2D eigenvalue weighted by atomic mass is 10.2. The van der Waals surface area contributed by atoms with Crippen LogP contribution in [0.15, 0.2) is 48.9 Å². The second-order valence-electron chi connectivity index (χ2n) is 4.17. The van der Waals surface area contributed by atoms with E-state index in [2.05, 4.69) is 46.2 Å². The first-order valence-corrected chi connectivity index (χ1v) is 5.82. The van der Waals surface area contributed by atoms with Crippen LogP contribution < -0.4 is 0 Å². The fourth-order valence-electron chi connectivity index (χ4n) is 1.74. The highest BCUT2D eigenvalue weighted by atomic mass is 15.1. The summed E-state index contributed by atoms with van der Waals surface area (Å²) in [5.41, 5.74) is 2.39. The predicted molar refractivity (Wildman–Crippen MR) is 68.5 cm³/mol. The second-order valence-corrected chi connectivity index (χ2v) is 4.17. The van der Waals surface area contributed by atoms with Gasteiger partial charge in [-0.25, -0.2) is 0 Å². The topological polar surface area (TPSA) is 29.0 Å². The molecule has 2 aromatic rings. The zero-order valence-corrected chi connectivity index (χ0v) is 10.1. The Morgan fingerprint density at radius 2 is 1.94 bits per heavy atom. The van der Waals surface area contributed by atoms with E-state index in [4.69, 9.17) is 0 Å². The number of rotatable bonds is 5. The van der Waals surface area contributed by atoms with Crippen LogP contribution in [0.4, 0.5) is 0 Å². The summed E-state index contributed by atoms with van der Waals surface area (Å²) in [5.74, 6) is 0. The maximum Gasteiger partial charge on any atom is 0.0599 e. The highest BCUT2D eigenvalue weighted by Crippen LogP contribution is 2.03. The quantitative estimate of drug-likeness (QED) is 0.783. The molecule has 0 atom stereocenters. The summed E-state index contributed by atoms with van der Waals surface area (Å²) in [6.45, 7) is 1.97. The Bertz CT molecular complexity index is 428. The van der Waals surface area contributed by atoms with Gasteiger partial charge in [0, 0.05) is 38.1 Å². The summed E-state index contributed by atoms with van der Waals surface area (Å²) in [5, 5.41) is 0. The molecule has 88 valence electrons. The van der Waals surface area contributed by atoms with E-state index in [0.717, 1.165) is 25.2 Å². The molecule has 1 heterocycles. The zero-order chi connectivity index (χ0) is 11.9. The fraction of sp³-hybridized carbons (Fsp3) is 0.286. The molecule has 0 saturated carbocycles. The lowest BCUT2D eigenvalue weighted by molar-refractivity contribution is 0.330. The molecule has 1 aromatic heterocycles. The highest BCUT2D eigenvalue weighted by Gasteiger charge is 2.01. The van der Waals surface area contributed by atoms with Gasteiger partial charge in [-0.2, -0.15) is 0 Å². The van der Waals surface area contributed by atoms with Crippen LogP contribution in [0, 0.1) is 0 Å². The monoisotopic (exact) mass is 227 g/mol. The normalized spacial score (nSPS) is 10.7. The molecule has 0 spiro atoms. The van der Waals surface area contributed by atoms with Crippen molar-refractivity contribution >= 4 is 0 Å². The lowest BCUT2D eigenvalue weighted by Gasteiger charge is -2.16. The van der Waals surface area contributed by atoms with E-state index in [1.54, 1.807) is 12.4 Å². The Morgan fingerprint density at radius 1 is 1.12 bits per heavy atom. The molecule has 0 saturated heterocycles. The molecule has 0 bridgehead atoms. The second kappa shape index (κ2) is 6.11. The van der Waals surface area contributed by atoms with E-state index in [9.17, 15) is 0 Å². The van der Waals surface area contributed by atoms with Crippen LogP contribution in [0.3, 0.4) is 0 Å². The number of benzene rings is 1. The van der Waals surface area contributed by atoms with Crippen molar-refractivity contribution in [1.29, 1.82) is 0 Å². The van der Waals surface area contributed by atoms with Crippen molar-refractivity contribution in [2.45, 2.75) is 13.0 Å². The van der Waals surface area contributed by atoms with Crippen molar-refractivity contribution in [3.8, 4) is 0 Å². The third kappa shape index (κ3) is 3.96. The number of aromatic nitrogens is 2. The summed E-state index contributed by atoms with van der Waals surface area (Å²) in [6, 6.07) is 10.5. The molecule has 1 aromatic carbocycles. The van der Waals surface area contributed by atoms with Crippen molar-refractivity contribution in [2.75, 3.05) is 13.6 Å². The number of nitrogens with zero attached hydrogens (tertiary/aromatic N) is 3.